The molecule has 0 spiro atoms. The van der Waals surface area contributed by atoms with E-state index in [-0.39, 0.29) is 30.7 Å². The van der Waals surface area contributed by atoms with Crippen molar-refractivity contribution in [3.05, 3.63) is 64.9 Å². The lowest BCUT2D eigenvalue weighted by atomic mass is 9.93. The van der Waals surface area contributed by atoms with Gasteiger partial charge in [0.05, 0.1) is 19.4 Å². The average Bonchev–Trinajstić information content (AvgIpc) is 3.71. The van der Waals surface area contributed by atoms with E-state index in [1.807, 2.05) is 18.2 Å². The number of imide groups is 1. The summed E-state index contributed by atoms with van der Waals surface area (Å²) in [4.78, 5) is 42.6. The number of nitrogens with zero attached hydrogens (tertiary/aromatic N) is 3. The quantitative estimate of drug-likeness (QED) is 0.180. The van der Waals surface area contributed by atoms with Crippen LogP contribution in [0.3, 0.4) is 0 Å². The molecule has 3 N–H and O–H groups in total. The van der Waals surface area contributed by atoms with Gasteiger partial charge in [-0.1, -0.05) is 11.2 Å². The summed E-state index contributed by atoms with van der Waals surface area (Å²) in [5.41, 5.74) is 1.57. The van der Waals surface area contributed by atoms with Gasteiger partial charge in [0, 0.05) is 35.0 Å². The van der Waals surface area contributed by atoms with E-state index in [9.17, 15) is 19.6 Å². The fraction of sp³-hybridized carbons (Fsp3) is 0.379. The Morgan fingerprint density at radius 2 is 2.00 bits per heavy atom. The van der Waals surface area contributed by atoms with Crippen molar-refractivity contribution in [1.29, 1.82) is 0 Å². The first-order valence-electron chi connectivity index (χ1n) is 13.2. The smallest absolute Gasteiger partial charge is 0.322 e. The third kappa shape index (κ3) is 4.17. The number of furan rings is 1. The summed E-state index contributed by atoms with van der Waals surface area (Å²) < 4.78 is 11.4. The minimum atomic E-state index is -1.61. The van der Waals surface area contributed by atoms with Crippen molar-refractivity contribution < 1.29 is 28.7 Å². The van der Waals surface area contributed by atoms with Gasteiger partial charge in [0.2, 0.25) is 0 Å². The molecule has 2 aliphatic heterocycles. The van der Waals surface area contributed by atoms with E-state index in [2.05, 4.69) is 34.8 Å². The molecule has 1 aliphatic carbocycles. The first-order chi connectivity index (χ1) is 19.2. The number of urea groups is 1. The SMILES string of the molecule is COc1ccc2c(c1)C(=O)N(C[C@@]1(c3cc4cc(/C(=N\O)C5CC[C@H](N(C)C)C5)ccc4o3)NC(=O)NC1=O)C2. The molecule has 3 heterocycles. The Hall–Kier alpha value is -4.38. The average molecular weight is 546 g/mol. The molecule has 1 saturated heterocycles. The number of hydrogen-bond acceptors (Lipinski definition) is 8. The van der Waals surface area contributed by atoms with Crippen LogP contribution < -0.4 is 15.4 Å². The number of benzene rings is 2. The van der Waals surface area contributed by atoms with Gasteiger partial charge in [-0.2, -0.15) is 0 Å². The van der Waals surface area contributed by atoms with E-state index in [1.165, 1.54) is 12.0 Å². The molecule has 0 radical (unpaired) electrons. The number of nitrogens with one attached hydrogen (secondary N) is 2. The Morgan fingerprint density at radius 3 is 2.67 bits per heavy atom. The molecule has 4 amide bonds. The lowest BCUT2D eigenvalue weighted by Gasteiger charge is -2.29. The van der Waals surface area contributed by atoms with Gasteiger partial charge in [0.1, 0.15) is 17.1 Å². The summed E-state index contributed by atoms with van der Waals surface area (Å²) >= 11 is 0. The van der Waals surface area contributed by atoms with E-state index < -0.39 is 17.5 Å². The Bertz CT molecular complexity index is 1560. The standard InChI is InChI=1S/C29H31N5O6/c1-33(2)20-7-4-17(11-20)25(32-38)16-6-9-23-19(10-16)12-24(40-23)29(27(36)30-28(37)31-29)15-34-14-18-5-8-21(39-3)13-22(18)26(34)35/h5-6,8-10,12-13,17,20,38H,4,7,11,14-15H2,1-3H3,(H2,30,31,36,37)/b32-25+/t17?,20-,29-/m0/s1. The van der Waals surface area contributed by atoms with Crippen molar-refractivity contribution in [2.75, 3.05) is 27.7 Å². The summed E-state index contributed by atoms with van der Waals surface area (Å²) in [6, 6.07) is 12.2. The number of methoxy groups -OCH3 is 1. The van der Waals surface area contributed by atoms with Crippen molar-refractivity contribution in [1.82, 2.24) is 20.4 Å². The normalized spacial score (nSPS) is 24.6. The number of rotatable bonds is 7. The highest BCUT2D eigenvalue weighted by molar-refractivity contribution is 6.09. The number of carbonyl (C=O) groups is 3. The van der Waals surface area contributed by atoms with Crippen molar-refractivity contribution in [2.24, 2.45) is 11.1 Å². The molecule has 1 unspecified atom stereocenters. The molecule has 0 bridgehead atoms. The van der Waals surface area contributed by atoms with Crippen molar-refractivity contribution >= 4 is 34.5 Å². The van der Waals surface area contributed by atoms with E-state index in [0.29, 0.717) is 34.0 Å². The van der Waals surface area contributed by atoms with Crippen LogP contribution in [0.15, 0.2) is 52.0 Å². The van der Waals surface area contributed by atoms with Crippen LogP contribution in [0.25, 0.3) is 11.0 Å². The van der Waals surface area contributed by atoms with Gasteiger partial charge in [0.15, 0.2) is 5.54 Å². The monoisotopic (exact) mass is 545 g/mol. The second-order valence-corrected chi connectivity index (χ2v) is 11.0. The minimum absolute atomic E-state index is 0.119. The predicted octanol–water partition coefficient (Wildman–Crippen LogP) is 3.04. The van der Waals surface area contributed by atoms with Crippen LogP contribution in [-0.4, -0.2) is 72.4 Å². The number of fused-ring (bicyclic) bond motifs is 2. The molecular weight excluding hydrogens is 514 g/mol. The van der Waals surface area contributed by atoms with Gasteiger partial charge in [-0.3, -0.25) is 14.9 Å². The summed E-state index contributed by atoms with van der Waals surface area (Å²) in [6.07, 6.45) is 2.84. The molecule has 40 heavy (non-hydrogen) atoms. The van der Waals surface area contributed by atoms with Crippen LogP contribution in [0.2, 0.25) is 0 Å². The fourth-order valence-electron chi connectivity index (χ4n) is 6.20. The summed E-state index contributed by atoms with van der Waals surface area (Å²) in [6.45, 7) is 0.156. The maximum absolute atomic E-state index is 13.3. The molecule has 1 saturated carbocycles. The fourth-order valence-corrected chi connectivity index (χ4v) is 6.20. The maximum atomic E-state index is 13.3. The maximum Gasteiger partial charge on any atom is 0.322 e. The largest absolute Gasteiger partial charge is 0.497 e. The molecule has 3 aliphatic rings. The molecular formula is C29H31N5O6. The molecule has 3 aromatic rings. The van der Waals surface area contributed by atoms with E-state index >= 15 is 0 Å². The first kappa shape index (κ1) is 25.9. The molecule has 208 valence electrons. The Labute approximate surface area is 230 Å². The molecule has 6 rings (SSSR count). The van der Waals surface area contributed by atoms with Crippen LogP contribution in [0.5, 0.6) is 5.75 Å². The lowest BCUT2D eigenvalue weighted by Crippen LogP contribution is -2.52. The minimum Gasteiger partial charge on any atom is -0.497 e. The molecule has 11 nitrogen and oxygen atoms in total. The summed E-state index contributed by atoms with van der Waals surface area (Å²) in [5, 5.41) is 19.3. The van der Waals surface area contributed by atoms with Gasteiger partial charge < -0.3 is 29.5 Å². The van der Waals surface area contributed by atoms with Crippen LogP contribution >= 0.6 is 0 Å². The van der Waals surface area contributed by atoms with Crippen LogP contribution in [0.1, 0.15) is 46.5 Å². The third-order valence-corrected chi connectivity index (χ3v) is 8.43. The predicted molar refractivity (Wildman–Crippen MR) is 145 cm³/mol. The van der Waals surface area contributed by atoms with Gasteiger partial charge in [-0.25, -0.2) is 4.79 Å². The Kier molecular flexibility index (Phi) is 6.25. The summed E-state index contributed by atoms with van der Waals surface area (Å²) in [5.74, 6) is 0.0203. The highest BCUT2D eigenvalue weighted by Crippen LogP contribution is 2.36. The zero-order valence-electron chi connectivity index (χ0n) is 22.6. The van der Waals surface area contributed by atoms with Gasteiger partial charge in [-0.15, -0.1) is 0 Å². The molecule has 2 aromatic carbocycles. The van der Waals surface area contributed by atoms with Crippen LogP contribution in [-0.2, 0) is 16.9 Å². The van der Waals surface area contributed by atoms with Gasteiger partial charge >= 0.3 is 6.03 Å². The topological polar surface area (TPSA) is 137 Å². The zero-order valence-corrected chi connectivity index (χ0v) is 22.6. The Balaban J connectivity index is 1.32. The van der Waals surface area contributed by atoms with E-state index in [4.69, 9.17) is 9.15 Å². The highest BCUT2D eigenvalue weighted by atomic mass is 16.5. The molecule has 3 atom stereocenters. The van der Waals surface area contributed by atoms with Crippen LogP contribution in [0, 0.1) is 5.92 Å². The number of oxime groups is 1. The molecule has 11 heteroatoms. The highest BCUT2D eigenvalue weighted by Gasteiger charge is 2.53. The number of ether oxygens (including phenoxy) is 1. The van der Waals surface area contributed by atoms with Crippen molar-refractivity contribution in [3.8, 4) is 5.75 Å². The Morgan fingerprint density at radius 1 is 1.18 bits per heavy atom. The molecule has 2 fully saturated rings. The zero-order chi connectivity index (χ0) is 28.2. The van der Waals surface area contributed by atoms with E-state index in [1.54, 1.807) is 24.3 Å². The van der Waals surface area contributed by atoms with Crippen molar-refractivity contribution in [2.45, 2.75) is 37.4 Å². The molecule has 1 aromatic heterocycles. The van der Waals surface area contributed by atoms with Crippen molar-refractivity contribution in [3.63, 3.8) is 0 Å². The lowest BCUT2D eigenvalue weighted by molar-refractivity contribution is -0.125. The first-order valence-corrected chi connectivity index (χ1v) is 13.2. The van der Waals surface area contributed by atoms with E-state index in [0.717, 1.165) is 30.4 Å². The number of hydrogen-bond donors (Lipinski definition) is 3. The van der Waals surface area contributed by atoms with Crippen LogP contribution in [0.4, 0.5) is 4.79 Å². The third-order valence-electron chi connectivity index (χ3n) is 8.43. The van der Waals surface area contributed by atoms with Gasteiger partial charge in [-0.05, 0) is 75.3 Å². The van der Waals surface area contributed by atoms with Gasteiger partial charge in [0.25, 0.3) is 11.8 Å². The second kappa shape index (κ2) is 9.67. The second-order valence-electron chi connectivity index (χ2n) is 11.0. The number of carbonyl (C=O) groups excluding carboxylic acids is 3. The summed E-state index contributed by atoms with van der Waals surface area (Å²) in [7, 11) is 5.64. The number of amides is 4.